The van der Waals surface area contributed by atoms with Crippen molar-refractivity contribution in [3.63, 3.8) is 0 Å². The van der Waals surface area contributed by atoms with Crippen molar-refractivity contribution < 1.29 is 19.1 Å². The van der Waals surface area contributed by atoms with Gasteiger partial charge in [0, 0.05) is 12.1 Å². The van der Waals surface area contributed by atoms with Gasteiger partial charge < -0.3 is 20.3 Å². The average Bonchev–Trinajstić information content (AvgIpc) is 2.80. The number of benzene rings is 1. The number of hydrogen-bond donors (Lipinski definition) is 2. The average molecular weight is 502 g/mol. The van der Waals surface area contributed by atoms with E-state index in [9.17, 15) is 14.4 Å². The lowest BCUT2D eigenvalue weighted by molar-refractivity contribution is -0.145. The zero-order chi connectivity index (χ0) is 26.9. The molecular weight excluding hydrogens is 454 g/mol. The van der Waals surface area contributed by atoms with E-state index in [2.05, 4.69) is 24.5 Å². The topological polar surface area (TPSA) is 87.7 Å². The normalized spacial score (nSPS) is 17.1. The molecule has 0 bridgehead atoms. The predicted octanol–water partition coefficient (Wildman–Crippen LogP) is 5.74. The van der Waals surface area contributed by atoms with E-state index in [4.69, 9.17) is 4.74 Å². The summed E-state index contributed by atoms with van der Waals surface area (Å²) in [6.07, 6.45) is 6.34. The van der Waals surface area contributed by atoms with Gasteiger partial charge in [-0.1, -0.05) is 63.4 Å². The molecular formula is C29H47N3O4. The van der Waals surface area contributed by atoms with Gasteiger partial charge in [-0.2, -0.15) is 0 Å². The van der Waals surface area contributed by atoms with Gasteiger partial charge in [0.15, 0.2) is 0 Å². The van der Waals surface area contributed by atoms with Crippen LogP contribution in [0.1, 0.15) is 105 Å². The van der Waals surface area contributed by atoms with E-state index in [0.717, 1.165) is 44.1 Å². The fourth-order valence-electron chi connectivity index (χ4n) is 4.68. The second-order valence-electron chi connectivity index (χ2n) is 11.6. The van der Waals surface area contributed by atoms with Crippen molar-refractivity contribution in [2.45, 2.75) is 123 Å². The Morgan fingerprint density at radius 3 is 2.14 bits per heavy atom. The second kappa shape index (κ2) is 13.7. The van der Waals surface area contributed by atoms with E-state index < -0.39 is 23.8 Å². The van der Waals surface area contributed by atoms with Crippen LogP contribution in [0.25, 0.3) is 0 Å². The van der Waals surface area contributed by atoms with Crippen LogP contribution in [0.2, 0.25) is 0 Å². The minimum atomic E-state index is -0.852. The van der Waals surface area contributed by atoms with Crippen molar-refractivity contribution >= 4 is 17.9 Å². The number of alkyl carbamates (subject to hydrolysis) is 1. The van der Waals surface area contributed by atoms with Gasteiger partial charge in [0.1, 0.15) is 17.7 Å². The Morgan fingerprint density at radius 2 is 1.58 bits per heavy atom. The monoisotopic (exact) mass is 501 g/mol. The smallest absolute Gasteiger partial charge is 0.408 e. The minimum absolute atomic E-state index is 0.123. The first-order valence-electron chi connectivity index (χ1n) is 13.6. The summed E-state index contributed by atoms with van der Waals surface area (Å²) in [5.74, 6) is 0.0000297. The molecule has 0 saturated heterocycles. The summed E-state index contributed by atoms with van der Waals surface area (Å²) in [6, 6.07) is 7.75. The molecule has 1 fully saturated rings. The first kappa shape index (κ1) is 29.7. The lowest BCUT2D eigenvalue weighted by Gasteiger charge is -2.39. The van der Waals surface area contributed by atoms with Gasteiger partial charge in [0.25, 0.3) is 0 Å². The summed E-state index contributed by atoms with van der Waals surface area (Å²) >= 11 is 0. The van der Waals surface area contributed by atoms with E-state index in [1.165, 1.54) is 6.42 Å². The maximum absolute atomic E-state index is 13.9. The van der Waals surface area contributed by atoms with Crippen molar-refractivity contribution in [2.24, 2.45) is 5.92 Å². The molecule has 0 heterocycles. The number of hydrogen-bond acceptors (Lipinski definition) is 4. The molecule has 0 aromatic heterocycles. The van der Waals surface area contributed by atoms with Gasteiger partial charge in [-0.25, -0.2) is 4.79 Å². The van der Waals surface area contributed by atoms with Crippen LogP contribution in [0.4, 0.5) is 4.79 Å². The van der Waals surface area contributed by atoms with Gasteiger partial charge in [-0.3, -0.25) is 9.59 Å². The molecule has 0 radical (unpaired) electrons. The molecule has 1 aliphatic carbocycles. The molecule has 3 atom stereocenters. The third-order valence-electron chi connectivity index (χ3n) is 6.59. The summed E-state index contributed by atoms with van der Waals surface area (Å²) < 4.78 is 5.37. The maximum atomic E-state index is 13.9. The van der Waals surface area contributed by atoms with Gasteiger partial charge in [-0.15, -0.1) is 0 Å². The van der Waals surface area contributed by atoms with Crippen LogP contribution in [-0.4, -0.2) is 46.5 Å². The molecule has 3 unspecified atom stereocenters. The molecule has 1 aromatic rings. The Labute approximate surface area is 217 Å². The summed E-state index contributed by atoms with van der Waals surface area (Å²) in [5.41, 5.74) is 0.0869. The molecule has 1 saturated carbocycles. The van der Waals surface area contributed by atoms with Crippen LogP contribution < -0.4 is 10.6 Å². The quantitative estimate of drug-likeness (QED) is 0.428. The van der Waals surface area contributed by atoms with Crippen molar-refractivity contribution in [3.05, 3.63) is 35.9 Å². The molecule has 2 rings (SSSR count). The fourth-order valence-corrected chi connectivity index (χ4v) is 4.68. The van der Waals surface area contributed by atoms with Gasteiger partial charge >= 0.3 is 6.09 Å². The van der Waals surface area contributed by atoms with Crippen molar-refractivity contribution in [1.82, 2.24) is 15.5 Å². The summed E-state index contributed by atoms with van der Waals surface area (Å²) in [7, 11) is 0. The Morgan fingerprint density at radius 1 is 0.972 bits per heavy atom. The van der Waals surface area contributed by atoms with Crippen LogP contribution in [0.3, 0.4) is 0 Å². The molecule has 36 heavy (non-hydrogen) atoms. The summed E-state index contributed by atoms with van der Waals surface area (Å²) in [6.45, 7) is 13.3. The Bertz CT molecular complexity index is 844. The number of amides is 3. The Kier molecular flexibility index (Phi) is 11.3. The van der Waals surface area contributed by atoms with Crippen LogP contribution in [-0.2, 0) is 14.3 Å². The third kappa shape index (κ3) is 9.47. The third-order valence-corrected chi connectivity index (χ3v) is 6.59. The number of carbonyl (C=O) groups excluding carboxylic acids is 3. The van der Waals surface area contributed by atoms with Crippen LogP contribution in [0.15, 0.2) is 30.3 Å². The molecule has 7 nitrogen and oxygen atoms in total. The Balaban J connectivity index is 2.38. The van der Waals surface area contributed by atoms with Gasteiger partial charge in [-0.05, 0) is 71.8 Å². The van der Waals surface area contributed by atoms with Crippen molar-refractivity contribution in [1.29, 1.82) is 0 Å². The van der Waals surface area contributed by atoms with Crippen LogP contribution in [0, 0.1) is 5.92 Å². The SMILES string of the molecule is CC(C)CCC(C)N(C(=O)C(C)NC(=O)OC(C)(C)C)C(C(=O)NC1CCCCC1)c1ccccc1. The lowest BCUT2D eigenvalue weighted by Crippen LogP contribution is -2.55. The molecule has 2 N–H and O–H groups in total. The maximum Gasteiger partial charge on any atom is 0.408 e. The number of ether oxygens (including phenoxy) is 1. The molecule has 3 amide bonds. The van der Waals surface area contributed by atoms with Crippen molar-refractivity contribution in [2.75, 3.05) is 0 Å². The zero-order valence-electron chi connectivity index (χ0n) is 23.3. The van der Waals surface area contributed by atoms with Crippen LogP contribution in [0.5, 0.6) is 0 Å². The van der Waals surface area contributed by atoms with Gasteiger partial charge in [0.2, 0.25) is 11.8 Å². The highest BCUT2D eigenvalue weighted by molar-refractivity contribution is 5.92. The highest BCUT2D eigenvalue weighted by Gasteiger charge is 2.38. The first-order valence-corrected chi connectivity index (χ1v) is 13.6. The van der Waals surface area contributed by atoms with Crippen LogP contribution >= 0.6 is 0 Å². The van der Waals surface area contributed by atoms with E-state index in [1.807, 2.05) is 37.3 Å². The van der Waals surface area contributed by atoms with E-state index >= 15 is 0 Å². The highest BCUT2D eigenvalue weighted by atomic mass is 16.6. The summed E-state index contributed by atoms with van der Waals surface area (Å²) in [5, 5.41) is 5.92. The predicted molar refractivity (Wildman–Crippen MR) is 143 cm³/mol. The first-order chi connectivity index (χ1) is 16.9. The standard InChI is InChI=1S/C29H47N3O4/c1-20(2)18-19-21(3)32(27(34)22(4)30-28(35)36-29(5,6)7)25(23-14-10-8-11-15-23)26(33)31-24-16-12-9-13-17-24/h8,10-11,14-15,20-22,24-25H,9,12-13,16-19H2,1-7H3,(H,30,35)(H,31,33). The molecule has 0 aliphatic heterocycles. The second-order valence-corrected chi connectivity index (χ2v) is 11.6. The number of carbonyl (C=O) groups is 3. The lowest BCUT2D eigenvalue weighted by atomic mass is 9.94. The molecule has 1 aliphatic rings. The highest BCUT2D eigenvalue weighted by Crippen LogP contribution is 2.28. The Hall–Kier alpha value is -2.57. The van der Waals surface area contributed by atoms with E-state index in [1.54, 1.807) is 32.6 Å². The number of rotatable bonds is 10. The minimum Gasteiger partial charge on any atom is -0.444 e. The molecule has 1 aromatic carbocycles. The number of nitrogens with zero attached hydrogens (tertiary/aromatic N) is 1. The molecule has 202 valence electrons. The molecule has 0 spiro atoms. The zero-order valence-corrected chi connectivity index (χ0v) is 23.3. The summed E-state index contributed by atoms with van der Waals surface area (Å²) in [4.78, 5) is 41.8. The fraction of sp³-hybridized carbons (Fsp3) is 0.690. The van der Waals surface area contributed by atoms with Crippen molar-refractivity contribution in [3.8, 4) is 0 Å². The van der Waals surface area contributed by atoms with E-state index in [-0.39, 0.29) is 23.9 Å². The number of nitrogens with one attached hydrogen (secondary N) is 2. The van der Waals surface area contributed by atoms with Gasteiger partial charge in [0.05, 0.1) is 0 Å². The van der Waals surface area contributed by atoms with E-state index in [0.29, 0.717) is 5.92 Å². The largest absolute Gasteiger partial charge is 0.444 e. The molecule has 7 heteroatoms.